The largest absolute Gasteiger partial charge is 0.481 e. The summed E-state index contributed by atoms with van der Waals surface area (Å²) in [5.74, 6) is 0.786. The molecule has 1 fully saturated rings. The molecular formula is C15H23N3O2. The molecule has 0 radical (unpaired) electrons. The Hall–Kier alpha value is -1.75. The van der Waals surface area contributed by atoms with Crippen LogP contribution in [-0.2, 0) is 4.79 Å². The Balaban J connectivity index is 1.97. The van der Waals surface area contributed by atoms with Crippen LogP contribution >= 0.6 is 0 Å². The fourth-order valence-electron chi connectivity index (χ4n) is 2.23. The lowest BCUT2D eigenvalue weighted by atomic mass is 10.2. The molecule has 1 aromatic rings. The number of nitrogens with zero attached hydrogens (tertiary/aromatic N) is 2. The van der Waals surface area contributed by atoms with Gasteiger partial charge in [0.05, 0.1) is 0 Å². The van der Waals surface area contributed by atoms with Crippen molar-refractivity contribution in [3.05, 3.63) is 24.3 Å². The van der Waals surface area contributed by atoms with Gasteiger partial charge in [-0.15, -0.1) is 0 Å². The number of amides is 1. The Bertz CT molecular complexity index is 456. The molecule has 20 heavy (non-hydrogen) atoms. The van der Waals surface area contributed by atoms with Crippen LogP contribution in [0.2, 0.25) is 0 Å². The Labute approximate surface area is 120 Å². The van der Waals surface area contributed by atoms with Crippen molar-refractivity contribution in [1.82, 2.24) is 10.2 Å². The third-order valence-corrected chi connectivity index (χ3v) is 3.42. The lowest BCUT2D eigenvalue weighted by Gasteiger charge is -2.29. The number of carbonyl (C=O) groups is 1. The zero-order valence-corrected chi connectivity index (χ0v) is 12.4. The van der Waals surface area contributed by atoms with E-state index in [1.165, 1.54) is 0 Å². The highest BCUT2D eigenvalue weighted by Crippen LogP contribution is 2.20. The number of hydrogen-bond acceptors (Lipinski definition) is 4. The van der Waals surface area contributed by atoms with Crippen molar-refractivity contribution in [3.8, 4) is 5.75 Å². The maximum Gasteiger partial charge on any atom is 0.263 e. The molecule has 1 heterocycles. The second-order valence-electron chi connectivity index (χ2n) is 5.23. The average molecular weight is 277 g/mol. The van der Waals surface area contributed by atoms with Crippen LogP contribution in [0.15, 0.2) is 24.3 Å². The highest BCUT2D eigenvalue weighted by Gasteiger charge is 2.23. The summed E-state index contributed by atoms with van der Waals surface area (Å²) in [6.07, 6.45) is -0.453. The molecule has 1 atom stereocenters. The number of carbonyl (C=O) groups excluding carboxylic acids is 1. The number of anilines is 1. The molecule has 0 aliphatic carbocycles. The second-order valence-corrected chi connectivity index (χ2v) is 5.23. The molecule has 1 N–H and O–H groups in total. The van der Waals surface area contributed by atoms with E-state index in [9.17, 15) is 4.79 Å². The Morgan fingerprint density at radius 1 is 1.35 bits per heavy atom. The first-order valence-electron chi connectivity index (χ1n) is 7.01. The predicted molar refractivity (Wildman–Crippen MR) is 80.3 cm³/mol. The number of nitrogens with one attached hydrogen (secondary N) is 1. The molecule has 0 saturated carbocycles. The first-order valence-corrected chi connectivity index (χ1v) is 7.01. The van der Waals surface area contributed by atoms with E-state index >= 15 is 0 Å². The van der Waals surface area contributed by atoms with Gasteiger partial charge in [0, 0.05) is 52.0 Å². The van der Waals surface area contributed by atoms with Crippen LogP contribution in [0.1, 0.15) is 6.92 Å². The van der Waals surface area contributed by atoms with Crippen LogP contribution in [0.3, 0.4) is 0 Å². The summed E-state index contributed by atoms with van der Waals surface area (Å²) in [4.78, 5) is 16.2. The van der Waals surface area contributed by atoms with Gasteiger partial charge in [-0.1, -0.05) is 6.07 Å². The van der Waals surface area contributed by atoms with Crippen molar-refractivity contribution in [2.24, 2.45) is 0 Å². The summed E-state index contributed by atoms with van der Waals surface area (Å²) in [6.45, 7) is 5.03. The fraction of sp³-hybridized carbons (Fsp3) is 0.533. The topological polar surface area (TPSA) is 44.8 Å². The van der Waals surface area contributed by atoms with E-state index < -0.39 is 6.10 Å². The first-order chi connectivity index (χ1) is 9.58. The summed E-state index contributed by atoms with van der Waals surface area (Å²) >= 11 is 0. The molecule has 110 valence electrons. The van der Waals surface area contributed by atoms with E-state index in [0.717, 1.165) is 37.6 Å². The van der Waals surface area contributed by atoms with E-state index in [2.05, 4.69) is 5.32 Å². The second kappa shape index (κ2) is 6.61. The van der Waals surface area contributed by atoms with Gasteiger partial charge in [-0.2, -0.15) is 0 Å². The van der Waals surface area contributed by atoms with Crippen molar-refractivity contribution < 1.29 is 9.53 Å². The number of rotatable bonds is 4. The van der Waals surface area contributed by atoms with E-state index in [0.29, 0.717) is 0 Å². The monoisotopic (exact) mass is 277 g/mol. The van der Waals surface area contributed by atoms with Crippen LogP contribution in [-0.4, -0.2) is 57.2 Å². The van der Waals surface area contributed by atoms with Crippen LogP contribution in [0.5, 0.6) is 5.75 Å². The number of hydrogen-bond donors (Lipinski definition) is 1. The molecule has 1 unspecified atom stereocenters. The summed E-state index contributed by atoms with van der Waals surface area (Å²) in [5, 5.41) is 3.24. The molecule has 5 heteroatoms. The lowest BCUT2D eigenvalue weighted by molar-refractivity contribution is -0.138. The van der Waals surface area contributed by atoms with Crippen molar-refractivity contribution in [3.63, 3.8) is 0 Å². The normalized spacial score (nSPS) is 16.6. The Morgan fingerprint density at radius 3 is 2.70 bits per heavy atom. The van der Waals surface area contributed by atoms with Gasteiger partial charge in [0.1, 0.15) is 5.75 Å². The predicted octanol–water partition coefficient (Wildman–Crippen LogP) is 0.952. The number of benzene rings is 1. The van der Waals surface area contributed by atoms with Crippen LogP contribution in [0.4, 0.5) is 5.69 Å². The van der Waals surface area contributed by atoms with E-state index in [1.807, 2.05) is 55.1 Å². The van der Waals surface area contributed by atoms with Crippen molar-refractivity contribution in [2.75, 3.05) is 45.2 Å². The fourth-order valence-corrected chi connectivity index (χ4v) is 2.23. The number of ether oxygens (including phenoxy) is 1. The molecule has 0 aromatic heterocycles. The van der Waals surface area contributed by atoms with E-state index in [-0.39, 0.29) is 5.91 Å². The van der Waals surface area contributed by atoms with Crippen LogP contribution in [0.25, 0.3) is 0 Å². The zero-order valence-electron chi connectivity index (χ0n) is 12.4. The first kappa shape index (κ1) is 14.7. The minimum Gasteiger partial charge on any atom is -0.481 e. The smallest absolute Gasteiger partial charge is 0.263 e. The van der Waals surface area contributed by atoms with E-state index in [1.54, 1.807) is 0 Å². The number of piperazine rings is 1. The highest BCUT2D eigenvalue weighted by atomic mass is 16.5. The zero-order chi connectivity index (χ0) is 14.5. The van der Waals surface area contributed by atoms with Gasteiger partial charge >= 0.3 is 0 Å². The van der Waals surface area contributed by atoms with Gasteiger partial charge in [-0.25, -0.2) is 0 Å². The van der Waals surface area contributed by atoms with Crippen molar-refractivity contribution >= 4 is 11.6 Å². The van der Waals surface area contributed by atoms with Crippen molar-refractivity contribution in [2.45, 2.75) is 13.0 Å². The summed E-state index contributed by atoms with van der Waals surface area (Å²) in [6, 6.07) is 7.78. The van der Waals surface area contributed by atoms with Gasteiger partial charge in [0.2, 0.25) is 0 Å². The quantitative estimate of drug-likeness (QED) is 0.890. The molecule has 2 rings (SSSR count). The van der Waals surface area contributed by atoms with Crippen molar-refractivity contribution in [1.29, 1.82) is 0 Å². The maximum absolute atomic E-state index is 12.3. The van der Waals surface area contributed by atoms with Crippen LogP contribution < -0.4 is 15.0 Å². The summed E-state index contributed by atoms with van der Waals surface area (Å²) in [7, 11) is 3.96. The molecule has 5 nitrogen and oxygen atoms in total. The van der Waals surface area contributed by atoms with Gasteiger partial charge in [-0.3, -0.25) is 4.79 Å². The standard InChI is InChI=1S/C15H23N3O2/c1-12(15(19)18-9-7-16-8-10-18)20-14-6-4-5-13(11-14)17(2)3/h4-6,11-12,16H,7-10H2,1-3H3. The molecule has 1 aromatic carbocycles. The highest BCUT2D eigenvalue weighted by molar-refractivity contribution is 5.81. The minimum atomic E-state index is -0.453. The van der Waals surface area contributed by atoms with Gasteiger partial charge in [0.15, 0.2) is 6.10 Å². The molecule has 0 bridgehead atoms. The molecule has 0 spiro atoms. The lowest BCUT2D eigenvalue weighted by Crippen LogP contribution is -2.50. The summed E-state index contributed by atoms with van der Waals surface area (Å²) in [5.41, 5.74) is 1.06. The third kappa shape index (κ3) is 3.63. The Morgan fingerprint density at radius 2 is 2.05 bits per heavy atom. The molecule has 1 aliphatic heterocycles. The SMILES string of the molecule is CC(Oc1cccc(N(C)C)c1)C(=O)N1CCNCC1. The minimum absolute atomic E-state index is 0.0572. The molecule has 1 aliphatic rings. The Kier molecular flexibility index (Phi) is 4.84. The maximum atomic E-state index is 12.3. The van der Waals surface area contributed by atoms with Gasteiger partial charge in [-0.05, 0) is 19.1 Å². The van der Waals surface area contributed by atoms with Gasteiger partial charge in [0.25, 0.3) is 5.91 Å². The van der Waals surface area contributed by atoms with E-state index in [4.69, 9.17) is 4.74 Å². The molecule has 1 amide bonds. The van der Waals surface area contributed by atoms with Crippen LogP contribution in [0, 0.1) is 0 Å². The van der Waals surface area contributed by atoms with Gasteiger partial charge < -0.3 is 19.9 Å². The molecular weight excluding hydrogens is 254 g/mol. The molecule has 1 saturated heterocycles. The summed E-state index contributed by atoms with van der Waals surface area (Å²) < 4.78 is 5.78. The third-order valence-electron chi connectivity index (χ3n) is 3.42. The average Bonchev–Trinajstić information content (AvgIpc) is 2.47.